The van der Waals surface area contributed by atoms with E-state index in [9.17, 15) is 4.79 Å². The van der Waals surface area contributed by atoms with Crippen molar-refractivity contribution in [3.05, 3.63) is 54.2 Å². The summed E-state index contributed by atoms with van der Waals surface area (Å²) in [6, 6.07) is 8.05. The van der Waals surface area contributed by atoms with Crippen LogP contribution in [-0.2, 0) is 6.54 Å². The molecule has 2 heterocycles. The van der Waals surface area contributed by atoms with Crippen LogP contribution in [0.1, 0.15) is 30.0 Å². The van der Waals surface area contributed by atoms with Crippen LogP contribution in [0.2, 0.25) is 0 Å². The Balaban J connectivity index is 1.71. The predicted octanol–water partition coefficient (Wildman–Crippen LogP) is 3.33. The molecule has 0 aliphatic rings. The molecule has 0 fully saturated rings. The molecule has 0 aliphatic carbocycles. The predicted molar refractivity (Wildman–Crippen MR) is 104 cm³/mol. The van der Waals surface area contributed by atoms with Gasteiger partial charge in [-0.3, -0.25) is 9.78 Å². The minimum absolute atomic E-state index is 0.252. The van der Waals surface area contributed by atoms with Crippen molar-refractivity contribution in [2.75, 3.05) is 25.0 Å². The molecule has 0 aliphatic heterocycles. The largest absolute Gasteiger partial charge is 0.346 e. The van der Waals surface area contributed by atoms with Crippen molar-refractivity contribution < 1.29 is 4.79 Å². The molecule has 0 saturated carbocycles. The van der Waals surface area contributed by atoms with E-state index in [0.717, 1.165) is 42.9 Å². The van der Waals surface area contributed by atoms with Crippen molar-refractivity contribution in [2.45, 2.75) is 27.3 Å². The summed E-state index contributed by atoms with van der Waals surface area (Å²) in [5, 5.41) is 4.00. The monoisotopic (exact) mass is 351 g/mol. The Hall–Kier alpha value is -2.73. The summed E-state index contributed by atoms with van der Waals surface area (Å²) in [6.45, 7) is 10.3. The molecule has 0 unspecified atom stereocenters. The van der Waals surface area contributed by atoms with Crippen molar-refractivity contribution in [3.8, 4) is 0 Å². The van der Waals surface area contributed by atoms with Gasteiger partial charge in [-0.25, -0.2) is 4.98 Å². The van der Waals surface area contributed by atoms with Gasteiger partial charge in [-0.1, -0.05) is 13.8 Å². The number of carbonyl (C=O) groups is 1. The van der Waals surface area contributed by atoms with E-state index in [4.69, 9.17) is 0 Å². The smallest absolute Gasteiger partial charge is 0.275 e. The molecular formula is C20H25N5O. The normalized spacial score (nSPS) is 11.2. The summed E-state index contributed by atoms with van der Waals surface area (Å²) in [5.41, 5.74) is 3.03. The van der Waals surface area contributed by atoms with Gasteiger partial charge in [0.25, 0.3) is 5.91 Å². The molecule has 1 aromatic carbocycles. The molecular weight excluding hydrogens is 326 g/mol. The van der Waals surface area contributed by atoms with Gasteiger partial charge in [-0.05, 0) is 44.3 Å². The molecule has 0 spiro atoms. The lowest BCUT2D eigenvalue weighted by Gasteiger charge is -2.18. The highest BCUT2D eigenvalue weighted by Gasteiger charge is 2.09. The quantitative estimate of drug-likeness (QED) is 0.709. The molecule has 136 valence electrons. The van der Waals surface area contributed by atoms with Gasteiger partial charge in [0.2, 0.25) is 0 Å². The van der Waals surface area contributed by atoms with E-state index in [1.165, 1.54) is 11.7 Å². The van der Waals surface area contributed by atoms with Gasteiger partial charge in [0.1, 0.15) is 5.69 Å². The Morgan fingerprint density at radius 1 is 1.15 bits per heavy atom. The zero-order chi connectivity index (χ0) is 18.5. The van der Waals surface area contributed by atoms with Crippen molar-refractivity contribution in [1.82, 2.24) is 19.4 Å². The van der Waals surface area contributed by atoms with Crippen LogP contribution < -0.4 is 5.32 Å². The number of nitrogens with zero attached hydrogens (tertiary/aromatic N) is 4. The second kappa shape index (κ2) is 8.10. The lowest BCUT2D eigenvalue weighted by molar-refractivity contribution is 0.102. The summed E-state index contributed by atoms with van der Waals surface area (Å²) in [6.07, 6.45) is 5.19. The van der Waals surface area contributed by atoms with E-state index in [1.807, 2.05) is 25.1 Å². The summed E-state index contributed by atoms with van der Waals surface area (Å²) < 4.78 is 2.25. The average molecular weight is 351 g/mol. The number of nitrogens with one attached hydrogen (secondary N) is 1. The van der Waals surface area contributed by atoms with Gasteiger partial charge >= 0.3 is 0 Å². The number of likely N-dealkylation sites (N-methyl/N-ethyl adjacent to an activating group) is 1. The number of carbonyl (C=O) groups excluding carboxylic acids is 1. The Labute approximate surface area is 153 Å². The topological polar surface area (TPSA) is 63.0 Å². The third-order valence-electron chi connectivity index (χ3n) is 4.59. The summed E-state index contributed by atoms with van der Waals surface area (Å²) in [5.74, 6) is -0.252. The highest BCUT2D eigenvalue weighted by Crippen LogP contribution is 2.21. The second-order valence-corrected chi connectivity index (χ2v) is 6.31. The SMILES string of the molecule is CCN(CC)CCn1ccc2cc(NC(=O)c3cnc(C)cn3)ccc21. The van der Waals surface area contributed by atoms with E-state index in [0.29, 0.717) is 5.69 Å². The van der Waals surface area contributed by atoms with Crippen molar-refractivity contribution in [2.24, 2.45) is 0 Å². The number of aromatic nitrogens is 3. The zero-order valence-corrected chi connectivity index (χ0v) is 15.6. The van der Waals surface area contributed by atoms with Crippen LogP contribution in [0.25, 0.3) is 10.9 Å². The molecule has 6 heteroatoms. The molecule has 1 amide bonds. The van der Waals surface area contributed by atoms with E-state index in [-0.39, 0.29) is 5.91 Å². The van der Waals surface area contributed by atoms with E-state index >= 15 is 0 Å². The first kappa shape index (κ1) is 18.1. The van der Waals surface area contributed by atoms with E-state index in [2.05, 4.69) is 50.9 Å². The number of aryl methyl sites for hydroxylation is 1. The zero-order valence-electron chi connectivity index (χ0n) is 15.6. The molecule has 1 N–H and O–H groups in total. The molecule has 0 saturated heterocycles. The maximum Gasteiger partial charge on any atom is 0.275 e. The van der Waals surface area contributed by atoms with Gasteiger partial charge in [-0.15, -0.1) is 0 Å². The Bertz CT molecular complexity index is 881. The van der Waals surface area contributed by atoms with E-state index < -0.39 is 0 Å². The molecule has 3 aromatic rings. The standard InChI is InChI=1S/C20H25N5O/c1-4-24(5-2)10-11-25-9-8-16-12-17(6-7-19(16)25)23-20(26)18-14-21-15(3)13-22-18/h6-9,12-14H,4-5,10-11H2,1-3H3,(H,23,26). The summed E-state index contributed by atoms with van der Waals surface area (Å²) in [4.78, 5) is 22.9. The van der Waals surface area contributed by atoms with Crippen LogP contribution in [0, 0.1) is 6.92 Å². The Kier molecular flexibility index (Phi) is 5.63. The first-order valence-electron chi connectivity index (χ1n) is 9.02. The molecule has 3 rings (SSSR count). The third-order valence-corrected chi connectivity index (χ3v) is 4.59. The fraction of sp³-hybridized carbons (Fsp3) is 0.350. The number of rotatable bonds is 7. The third kappa shape index (κ3) is 4.08. The number of benzene rings is 1. The fourth-order valence-electron chi connectivity index (χ4n) is 2.97. The van der Waals surface area contributed by atoms with Crippen LogP contribution in [0.15, 0.2) is 42.9 Å². The van der Waals surface area contributed by atoms with Crippen molar-refractivity contribution >= 4 is 22.5 Å². The number of anilines is 1. The van der Waals surface area contributed by atoms with Crippen molar-refractivity contribution in [1.29, 1.82) is 0 Å². The average Bonchev–Trinajstić information content (AvgIpc) is 3.05. The number of fused-ring (bicyclic) bond motifs is 1. The maximum absolute atomic E-state index is 12.3. The summed E-state index contributed by atoms with van der Waals surface area (Å²) >= 11 is 0. The van der Waals surface area contributed by atoms with Crippen molar-refractivity contribution in [3.63, 3.8) is 0 Å². The molecule has 0 radical (unpaired) electrons. The second-order valence-electron chi connectivity index (χ2n) is 6.31. The van der Waals surface area contributed by atoms with Gasteiger partial charge < -0.3 is 14.8 Å². The van der Waals surface area contributed by atoms with Crippen LogP contribution >= 0.6 is 0 Å². The Morgan fingerprint density at radius 3 is 2.65 bits per heavy atom. The maximum atomic E-state index is 12.3. The van der Waals surface area contributed by atoms with Gasteiger partial charge in [-0.2, -0.15) is 0 Å². The van der Waals surface area contributed by atoms with Crippen LogP contribution in [-0.4, -0.2) is 45.0 Å². The van der Waals surface area contributed by atoms with E-state index in [1.54, 1.807) is 6.20 Å². The van der Waals surface area contributed by atoms with Gasteiger partial charge in [0.15, 0.2) is 0 Å². The first-order chi connectivity index (χ1) is 12.6. The Morgan fingerprint density at radius 2 is 1.96 bits per heavy atom. The molecule has 6 nitrogen and oxygen atoms in total. The minimum atomic E-state index is -0.252. The highest BCUT2D eigenvalue weighted by molar-refractivity contribution is 6.03. The van der Waals surface area contributed by atoms with Crippen LogP contribution in [0.4, 0.5) is 5.69 Å². The molecule has 2 aromatic heterocycles. The van der Waals surface area contributed by atoms with Crippen LogP contribution in [0.3, 0.4) is 0 Å². The number of amides is 1. The van der Waals surface area contributed by atoms with Gasteiger partial charge in [0.05, 0.1) is 11.9 Å². The first-order valence-corrected chi connectivity index (χ1v) is 9.02. The number of hydrogen-bond donors (Lipinski definition) is 1. The minimum Gasteiger partial charge on any atom is -0.346 e. The molecule has 0 atom stereocenters. The summed E-state index contributed by atoms with van der Waals surface area (Å²) in [7, 11) is 0. The highest BCUT2D eigenvalue weighted by atomic mass is 16.1. The molecule has 0 bridgehead atoms. The fourth-order valence-corrected chi connectivity index (χ4v) is 2.97. The molecule has 26 heavy (non-hydrogen) atoms. The van der Waals surface area contributed by atoms with Gasteiger partial charge in [0, 0.05) is 42.1 Å². The van der Waals surface area contributed by atoms with Crippen LogP contribution in [0.5, 0.6) is 0 Å². The lowest BCUT2D eigenvalue weighted by atomic mass is 10.2. The number of hydrogen-bond acceptors (Lipinski definition) is 4. The lowest BCUT2D eigenvalue weighted by Crippen LogP contribution is -2.26.